The summed E-state index contributed by atoms with van der Waals surface area (Å²) >= 11 is 1.72. The van der Waals surface area contributed by atoms with Gasteiger partial charge in [-0.3, -0.25) is 4.79 Å². The highest BCUT2D eigenvalue weighted by molar-refractivity contribution is 7.12. The van der Waals surface area contributed by atoms with E-state index in [0.29, 0.717) is 6.54 Å². The number of carbonyl (C=O) groups excluding carboxylic acids is 1. The molecule has 15 heavy (non-hydrogen) atoms. The van der Waals surface area contributed by atoms with Crippen molar-refractivity contribution in [1.29, 1.82) is 0 Å². The number of rotatable bonds is 4. The van der Waals surface area contributed by atoms with E-state index in [1.54, 1.807) is 18.3 Å². The van der Waals surface area contributed by atoms with Crippen molar-refractivity contribution in [2.45, 2.75) is 33.4 Å². The Labute approximate surface area is 94.5 Å². The summed E-state index contributed by atoms with van der Waals surface area (Å²) in [6, 6.07) is 2.11. The van der Waals surface area contributed by atoms with Crippen molar-refractivity contribution in [1.82, 2.24) is 5.32 Å². The molecule has 0 aliphatic rings. The number of thiophene rings is 1. The van der Waals surface area contributed by atoms with Crippen LogP contribution >= 0.6 is 11.3 Å². The third-order valence-electron chi connectivity index (χ3n) is 2.38. The summed E-state index contributed by atoms with van der Waals surface area (Å²) in [4.78, 5) is 13.9. The maximum atomic E-state index is 11.4. The van der Waals surface area contributed by atoms with Crippen molar-refractivity contribution in [2.24, 2.45) is 0 Å². The van der Waals surface area contributed by atoms with E-state index in [1.807, 2.05) is 0 Å². The second-order valence-electron chi connectivity index (χ2n) is 3.55. The van der Waals surface area contributed by atoms with E-state index < -0.39 is 0 Å². The van der Waals surface area contributed by atoms with Gasteiger partial charge in [0.15, 0.2) is 0 Å². The van der Waals surface area contributed by atoms with Crippen molar-refractivity contribution in [2.75, 3.05) is 7.11 Å². The summed E-state index contributed by atoms with van der Waals surface area (Å²) < 4.78 is 4.92. The molecular weight excluding hydrogens is 210 g/mol. The number of aryl methyl sites for hydroxylation is 2. The highest BCUT2D eigenvalue weighted by Gasteiger charge is 2.11. The number of methoxy groups -OCH3 is 1. The van der Waals surface area contributed by atoms with Gasteiger partial charge in [-0.25, -0.2) is 0 Å². The predicted octanol–water partition coefficient (Wildman–Crippen LogP) is 2.02. The molecule has 0 spiro atoms. The summed E-state index contributed by atoms with van der Waals surface area (Å²) in [7, 11) is 1.53. The maximum absolute atomic E-state index is 11.4. The number of hydrogen-bond donors (Lipinski definition) is 1. The van der Waals surface area contributed by atoms with Crippen molar-refractivity contribution in [3.8, 4) is 0 Å². The van der Waals surface area contributed by atoms with Gasteiger partial charge in [0, 0.05) is 16.9 Å². The molecule has 1 aromatic rings. The monoisotopic (exact) mass is 227 g/mol. The van der Waals surface area contributed by atoms with E-state index in [2.05, 4.69) is 25.2 Å². The smallest absolute Gasteiger partial charge is 0.249 e. The predicted molar refractivity (Wildman–Crippen MR) is 62.1 cm³/mol. The van der Waals surface area contributed by atoms with Gasteiger partial charge in [0.25, 0.3) is 0 Å². The Morgan fingerprint density at radius 2 is 2.27 bits per heavy atom. The lowest BCUT2D eigenvalue weighted by molar-refractivity contribution is -0.130. The first-order chi connectivity index (χ1) is 7.04. The van der Waals surface area contributed by atoms with E-state index >= 15 is 0 Å². The van der Waals surface area contributed by atoms with Crippen LogP contribution in [-0.4, -0.2) is 19.1 Å². The Hall–Kier alpha value is -0.870. The SMILES string of the molecule is COC(C)C(=O)NCc1cc(C)c(C)s1. The van der Waals surface area contributed by atoms with Crippen LogP contribution in [0.2, 0.25) is 0 Å². The molecule has 1 unspecified atom stereocenters. The highest BCUT2D eigenvalue weighted by Crippen LogP contribution is 2.20. The van der Waals surface area contributed by atoms with Gasteiger partial charge in [-0.2, -0.15) is 0 Å². The lowest BCUT2D eigenvalue weighted by Gasteiger charge is -2.09. The van der Waals surface area contributed by atoms with E-state index in [-0.39, 0.29) is 12.0 Å². The van der Waals surface area contributed by atoms with Crippen LogP contribution in [0.3, 0.4) is 0 Å². The lowest BCUT2D eigenvalue weighted by atomic mass is 10.3. The Morgan fingerprint density at radius 1 is 1.60 bits per heavy atom. The van der Waals surface area contributed by atoms with E-state index in [9.17, 15) is 4.79 Å². The molecule has 1 N–H and O–H groups in total. The first kappa shape index (κ1) is 12.2. The molecule has 0 aliphatic carbocycles. The molecule has 1 rings (SSSR count). The first-order valence-electron chi connectivity index (χ1n) is 4.91. The van der Waals surface area contributed by atoms with Gasteiger partial charge in [-0.05, 0) is 32.4 Å². The molecule has 4 heteroatoms. The molecule has 0 saturated heterocycles. The van der Waals surface area contributed by atoms with Crippen molar-refractivity contribution in [3.63, 3.8) is 0 Å². The van der Waals surface area contributed by atoms with Crippen LogP contribution in [0.4, 0.5) is 0 Å². The molecule has 1 aromatic heterocycles. The number of carbonyl (C=O) groups is 1. The van der Waals surface area contributed by atoms with Gasteiger partial charge in [0.2, 0.25) is 5.91 Å². The van der Waals surface area contributed by atoms with E-state index in [0.717, 1.165) is 0 Å². The Bertz CT molecular complexity index is 327. The average molecular weight is 227 g/mol. The summed E-state index contributed by atoms with van der Waals surface area (Å²) in [5.41, 5.74) is 1.28. The zero-order chi connectivity index (χ0) is 11.4. The summed E-state index contributed by atoms with van der Waals surface area (Å²) in [5, 5.41) is 2.84. The van der Waals surface area contributed by atoms with Crippen LogP contribution in [-0.2, 0) is 16.1 Å². The van der Waals surface area contributed by atoms with Gasteiger partial charge >= 0.3 is 0 Å². The molecule has 0 fully saturated rings. The quantitative estimate of drug-likeness (QED) is 0.854. The molecule has 0 radical (unpaired) electrons. The molecule has 84 valence electrons. The van der Waals surface area contributed by atoms with Gasteiger partial charge in [0.1, 0.15) is 6.10 Å². The van der Waals surface area contributed by atoms with E-state index in [1.165, 1.54) is 22.4 Å². The van der Waals surface area contributed by atoms with E-state index in [4.69, 9.17) is 4.74 Å². The molecule has 0 aromatic carbocycles. The van der Waals surface area contributed by atoms with Gasteiger partial charge in [-0.15, -0.1) is 11.3 Å². The van der Waals surface area contributed by atoms with Gasteiger partial charge in [0.05, 0.1) is 6.54 Å². The van der Waals surface area contributed by atoms with Crippen LogP contribution in [0, 0.1) is 13.8 Å². The molecule has 1 heterocycles. The molecule has 0 aliphatic heterocycles. The topological polar surface area (TPSA) is 38.3 Å². The fourth-order valence-electron chi connectivity index (χ4n) is 1.16. The van der Waals surface area contributed by atoms with Crippen LogP contribution in [0.25, 0.3) is 0 Å². The zero-order valence-electron chi connectivity index (χ0n) is 9.59. The third-order valence-corrected chi connectivity index (χ3v) is 3.53. The molecule has 0 bridgehead atoms. The molecule has 0 saturated carbocycles. The second-order valence-corrected chi connectivity index (χ2v) is 4.89. The Morgan fingerprint density at radius 3 is 2.73 bits per heavy atom. The second kappa shape index (κ2) is 5.28. The number of hydrogen-bond acceptors (Lipinski definition) is 3. The fourth-order valence-corrected chi connectivity index (χ4v) is 2.16. The van der Waals surface area contributed by atoms with Crippen LogP contribution < -0.4 is 5.32 Å². The standard InChI is InChI=1S/C11H17NO2S/c1-7-5-10(15-9(7)3)6-12-11(13)8(2)14-4/h5,8H,6H2,1-4H3,(H,12,13). The van der Waals surface area contributed by atoms with Crippen LogP contribution in [0.15, 0.2) is 6.07 Å². The largest absolute Gasteiger partial charge is 0.372 e. The lowest BCUT2D eigenvalue weighted by Crippen LogP contribution is -2.33. The Balaban J connectivity index is 2.47. The minimum Gasteiger partial charge on any atom is -0.372 e. The molecule has 3 nitrogen and oxygen atoms in total. The highest BCUT2D eigenvalue weighted by atomic mass is 32.1. The van der Waals surface area contributed by atoms with Crippen molar-refractivity contribution in [3.05, 3.63) is 21.4 Å². The number of nitrogens with one attached hydrogen (secondary N) is 1. The van der Waals surface area contributed by atoms with Crippen LogP contribution in [0.1, 0.15) is 22.2 Å². The van der Waals surface area contributed by atoms with Gasteiger partial charge < -0.3 is 10.1 Å². The summed E-state index contributed by atoms with van der Waals surface area (Å²) in [5.74, 6) is -0.0683. The van der Waals surface area contributed by atoms with Gasteiger partial charge in [-0.1, -0.05) is 0 Å². The van der Waals surface area contributed by atoms with Crippen molar-refractivity contribution >= 4 is 17.2 Å². The number of amides is 1. The normalized spacial score (nSPS) is 12.5. The molecular formula is C11H17NO2S. The summed E-state index contributed by atoms with van der Waals surface area (Å²) in [6.07, 6.45) is -0.382. The molecule has 1 amide bonds. The minimum absolute atomic E-state index is 0.0683. The van der Waals surface area contributed by atoms with Crippen LogP contribution in [0.5, 0.6) is 0 Å². The molecule has 1 atom stereocenters. The maximum Gasteiger partial charge on any atom is 0.249 e. The minimum atomic E-state index is -0.382. The fraction of sp³-hybridized carbons (Fsp3) is 0.545. The first-order valence-corrected chi connectivity index (χ1v) is 5.72. The zero-order valence-corrected chi connectivity index (χ0v) is 10.4. The van der Waals surface area contributed by atoms with Crippen molar-refractivity contribution < 1.29 is 9.53 Å². The summed E-state index contributed by atoms with van der Waals surface area (Å²) in [6.45, 7) is 6.49. The third kappa shape index (κ3) is 3.32. The number of ether oxygens (including phenoxy) is 1. The average Bonchev–Trinajstić information content (AvgIpc) is 2.54. The Kier molecular flexibility index (Phi) is 4.29.